The minimum Gasteiger partial charge on any atom is -0.497 e. The molecule has 1 fully saturated rings. The van der Waals surface area contributed by atoms with Crippen molar-refractivity contribution >= 4 is 11.0 Å². The molecule has 0 bridgehead atoms. The van der Waals surface area contributed by atoms with Crippen molar-refractivity contribution in [2.45, 2.75) is 31.8 Å². The predicted molar refractivity (Wildman–Crippen MR) is 112 cm³/mol. The highest BCUT2D eigenvalue weighted by atomic mass is 16.5. The fraction of sp³-hybridized carbons (Fsp3) is 0.435. The highest BCUT2D eigenvalue weighted by molar-refractivity contribution is 5.76. The van der Waals surface area contributed by atoms with Crippen LogP contribution in [-0.4, -0.2) is 48.4 Å². The Balaban J connectivity index is 1.44. The van der Waals surface area contributed by atoms with Crippen molar-refractivity contribution in [1.29, 1.82) is 0 Å². The largest absolute Gasteiger partial charge is 0.497 e. The van der Waals surface area contributed by atoms with Crippen molar-refractivity contribution in [1.82, 2.24) is 14.5 Å². The molecule has 5 heteroatoms. The average molecular weight is 380 g/mol. The summed E-state index contributed by atoms with van der Waals surface area (Å²) in [5.41, 5.74) is 3.65. The molecule has 28 heavy (non-hydrogen) atoms. The van der Waals surface area contributed by atoms with E-state index in [4.69, 9.17) is 14.5 Å². The highest BCUT2D eigenvalue weighted by Crippen LogP contribution is 2.31. The van der Waals surface area contributed by atoms with Crippen LogP contribution in [0.5, 0.6) is 5.75 Å². The molecule has 0 radical (unpaired) electrons. The summed E-state index contributed by atoms with van der Waals surface area (Å²) in [6, 6.07) is 16.8. The maximum Gasteiger partial charge on any atom is 0.118 e. The molecule has 1 aromatic heterocycles. The molecule has 5 nitrogen and oxygen atoms in total. The Kier molecular flexibility index (Phi) is 5.93. The van der Waals surface area contributed by atoms with Crippen LogP contribution in [0.2, 0.25) is 0 Å². The number of hydrogen-bond acceptors (Lipinski definition) is 4. The number of methoxy groups -OCH3 is 2. The number of fused-ring (bicyclic) bond motifs is 1. The van der Waals surface area contributed by atoms with Gasteiger partial charge in [0.15, 0.2) is 0 Å². The molecular weight excluding hydrogens is 350 g/mol. The fourth-order valence-corrected chi connectivity index (χ4v) is 4.16. The Morgan fingerprint density at radius 3 is 2.46 bits per heavy atom. The van der Waals surface area contributed by atoms with Crippen LogP contribution in [0.4, 0.5) is 0 Å². The van der Waals surface area contributed by atoms with Crippen molar-refractivity contribution in [3.05, 3.63) is 59.9 Å². The van der Waals surface area contributed by atoms with Gasteiger partial charge in [0, 0.05) is 26.1 Å². The van der Waals surface area contributed by atoms with E-state index in [0.717, 1.165) is 50.3 Å². The quantitative estimate of drug-likeness (QED) is 0.620. The first-order valence-electron chi connectivity index (χ1n) is 10.1. The third-order valence-corrected chi connectivity index (χ3v) is 5.72. The molecule has 2 heterocycles. The monoisotopic (exact) mass is 379 g/mol. The number of nitrogens with zero attached hydrogens (tertiary/aromatic N) is 3. The summed E-state index contributed by atoms with van der Waals surface area (Å²) in [6.07, 6.45) is 2.29. The second-order valence-electron chi connectivity index (χ2n) is 7.50. The van der Waals surface area contributed by atoms with Crippen molar-refractivity contribution < 1.29 is 9.47 Å². The lowest BCUT2D eigenvalue weighted by Crippen LogP contribution is -2.33. The van der Waals surface area contributed by atoms with Crippen LogP contribution < -0.4 is 4.74 Å². The van der Waals surface area contributed by atoms with Gasteiger partial charge in [0.25, 0.3) is 0 Å². The first-order valence-corrected chi connectivity index (χ1v) is 10.1. The van der Waals surface area contributed by atoms with Gasteiger partial charge in [-0.3, -0.25) is 4.90 Å². The first kappa shape index (κ1) is 19.0. The number of aromatic nitrogens is 2. The van der Waals surface area contributed by atoms with Crippen molar-refractivity contribution in [3.63, 3.8) is 0 Å². The first-order chi connectivity index (χ1) is 13.8. The van der Waals surface area contributed by atoms with Gasteiger partial charge in [0.1, 0.15) is 11.6 Å². The Labute approximate surface area is 166 Å². The van der Waals surface area contributed by atoms with E-state index in [1.165, 1.54) is 16.9 Å². The molecule has 0 aliphatic carbocycles. The third-order valence-electron chi connectivity index (χ3n) is 5.72. The zero-order chi connectivity index (χ0) is 19.3. The summed E-state index contributed by atoms with van der Waals surface area (Å²) in [5.74, 6) is 2.65. The van der Waals surface area contributed by atoms with Crippen LogP contribution in [0.1, 0.15) is 30.1 Å². The molecule has 4 rings (SSSR count). The highest BCUT2D eigenvalue weighted by Gasteiger charge is 2.25. The lowest BCUT2D eigenvalue weighted by molar-refractivity contribution is 0.181. The van der Waals surface area contributed by atoms with Gasteiger partial charge in [-0.15, -0.1) is 0 Å². The van der Waals surface area contributed by atoms with E-state index >= 15 is 0 Å². The Morgan fingerprint density at radius 1 is 1.00 bits per heavy atom. The van der Waals surface area contributed by atoms with E-state index in [2.05, 4.69) is 45.9 Å². The van der Waals surface area contributed by atoms with Crippen molar-refractivity contribution in [3.8, 4) is 5.75 Å². The number of piperidine rings is 1. The van der Waals surface area contributed by atoms with Crippen LogP contribution in [0.15, 0.2) is 48.5 Å². The van der Waals surface area contributed by atoms with Crippen LogP contribution in [0.25, 0.3) is 11.0 Å². The van der Waals surface area contributed by atoms with Crippen LogP contribution in [0, 0.1) is 0 Å². The molecule has 0 N–H and O–H groups in total. The third kappa shape index (κ3) is 4.05. The zero-order valence-electron chi connectivity index (χ0n) is 16.8. The van der Waals surface area contributed by atoms with Gasteiger partial charge >= 0.3 is 0 Å². The SMILES string of the molecule is COCCn1c(C2CCN(Cc3ccc(OC)cc3)CC2)nc2ccccc21. The summed E-state index contributed by atoms with van der Waals surface area (Å²) < 4.78 is 13.0. The zero-order valence-corrected chi connectivity index (χ0v) is 16.8. The maximum absolute atomic E-state index is 5.34. The van der Waals surface area contributed by atoms with Gasteiger partial charge in [-0.2, -0.15) is 0 Å². The van der Waals surface area contributed by atoms with E-state index in [0.29, 0.717) is 12.5 Å². The van der Waals surface area contributed by atoms with Gasteiger partial charge in [-0.05, 0) is 55.8 Å². The molecule has 0 atom stereocenters. The summed E-state index contributed by atoms with van der Waals surface area (Å²) in [6.45, 7) is 4.77. The molecule has 0 amide bonds. The minimum atomic E-state index is 0.511. The second-order valence-corrected chi connectivity index (χ2v) is 7.50. The smallest absolute Gasteiger partial charge is 0.118 e. The summed E-state index contributed by atoms with van der Waals surface area (Å²) in [7, 11) is 3.47. The molecule has 0 spiro atoms. The van der Waals surface area contributed by atoms with Gasteiger partial charge < -0.3 is 14.0 Å². The van der Waals surface area contributed by atoms with Crippen LogP contribution in [-0.2, 0) is 17.8 Å². The molecule has 0 unspecified atom stereocenters. The van der Waals surface area contributed by atoms with Gasteiger partial charge in [-0.25, -0.2) is 4.98 Å². The summed E-state index contributed by atoms with van der Waals surface area (Å²) in [5, 5.41) is 0. The number of ether oxygens (including phenoxy) is 2. The molecule has 2 aromatic carbocycles. The van der Waals surface area contributed by atoms with E-state index in [9.17, 15) is 0 Å². The lowest BCUT2D eigenvalue weighted by atomic mass is 9.95. The topological polar surface area (TPSA) is 39.5 Å². The summed E-state index contributed by atoms with van der Waals surface area (Å²) in [4.78, 5) is 7.53. The number of para-hydroxylation sites is 2. The van der Waals surface area contributed by atoms with Gasteiger partial charge in [-0.1, -0.05) is 24.3 Å². The van der Waals surface area contributed by atoms with E-state index in [-0.39, 0.29) is 0 Å². The average Bonchev–Trinajstić information content (AvgIpc) is 3.12. The maximum atomic E-state index is 5.34. The fourth-order valence-electron chi connectivity index (χ4n) is 4.16. The number of imidazole rings is 1. The molecule has 1 aliphatic heterocycles. The Bertz CT molecular complexity index is 896. The molecule has 1 aliphatic rings. The van der Waals surface area contributed by atoms with Gasteiger partial charge in [0.05, 0.1) is 24.8 Å². The molecule has 0 saturated carbocycles. The predicted octanol–water partition coefficient (Wildman–Crippen LogP) is 4.07. The van der Waals surface area contributed by atoms with E-state index < -0.39 is 0 Å². The second kappa shape index (κ2) is 8.76. The number of benzene rings is 2. The van der Waals surface area contributed by atoms with Crippen molar-refractivity contribution in [2.75, 3.05) is 33.9 Å². The molecular formula is C23H29N3O2. The van der Waals surface area contributed by atoms with Gasteiger partial charge in [0.2, 0.25) is 0 Å². The van der Waals surface area contributed by atoms with Crippen LogP contribution >= 0.6 is 0 Å². The molecule has 148 valence electrons. The van der Waals surface area contributed by atoms with Crippen LogP contribution in [0.3, 0.4) is 0 Å². The number of hydrogen-bond donors (Lipinski definition) is 0. The molecule has 3 aromatic rings. The van der Waals surface area contributed by atoms with E-state index in [1.54, 1.807) is 14.2 Å². The lowest BCUT2D eigenvalue weighted by Gasteiger charge is -2.32. The number of rotatable bonds is 7. The normalized spacial score (nSPS) is 15.9. The minimum absolute atomic E-state index is 0.511. The standard InChI is InChI=1S/C23H29N3O2/c1-27-16-15-26-22-6-4-3-5-21(22)24-23(26)19-11-13-25(14-12-19)17-18-7-9-20(28-2)10-8-18/h3-10,19H,11-17H2,1-2H3. The summed E-state index contributed by atoms with van der Waals surface area (Å²) >= 11 is 0. The molecule has 1 saturated heterocycles. The van der Waals surface area contributed by atoms with E-state index in [1.807, 2.05) is 12.1 Å². The van der Waals surface area contributed by atoms with Crippen molar-refractivity contribution in [2.24, 2.45) is 0 Å². The number of likely N-dealkylation sites (tertiary alicyclic amines) is 1. The Hall–Kier alpha value is -2.37. The Morgan fingerprint density at radius 2 is 1.75 bits per heavy atom.